The molecule has 2 heteroatoms. The topological polar surface area (TPSA) is 26.0 Å². The molecule has 0 aromatic heterocycles. The second-order valence-electron chi connectivity index (χ2n) is 2.13. The SMILES string of the molecule is Nc1ccccc1C=C[C]#[Y]. The monoisotopic (exact) mass is 219 g/mol. The van der Waals surface area contributed by atoms with Crippen LogP contribution in [0.4, 0.5) is 5.69 Å². The molecule has 0 aliphatic carbocycles. The predicted octanol–water partition coefficient (Wildman–Crippen LogP) is 1.79. The average Bonchev–Trinajstić information content (AvgIpc) is 2.03. The molecular weight excluding hydrogens is 211 g/mol. The van der Waals surface area contributed by atoms with Gasteiger partial charge in [-0.05, 0) is 0 Å². The first-order chi connectivity index (χ1) is 5.34. The van der Waals surface area contributed by atoms with Crippen molar-refractivity contribution in [3.05, 3.63) is 35.9 Å². The maximum absolute atomic E-state index is 5.69. The van der Waals surface area contributed by atoms with E-state index in [9.17, 15) is 0 Å². The summed E-state index contributed by atoms with van der Waals surface area (Å²) in [7, 11) is 0. The Kier molecular flexibility index (Phi) is 3.58. The Labute approximate surface area is 85.7 Å². The number of benzene rings is 1. The summed E-state index contributed by atoms with van der Waals surface area (Å²) in [5.74, 6) is 0. The van der Waals surface area contributed by atoms with E-state index in [-0.39, 0.29) is 0 Å². The fourth-order valence-corrected chi connectivity index (χ4v) is 1.04. The van der Waals surface area contributed by atoms with Crippen molar-refractivity contribution in [3.63, 3.8) is 0 Å². The summed E-state index contributed by atoms with van der Waals surface area (Å²) in [4.78, 5) is 0. The molecule has 0 amide bonds. The van der Waals surface area contributed by atoms with Crippen molar-refractivity contribution < 1.29 is 30.2 Å². The standard InChI is InChI=1S/C9H8N.Y/c1-2-5-8-6-3-4-7-9(8)10;/h2-7H,10H2;. The molecule has 0 spiro atoms. The van der Waals surface area contributed by atoms with Crippen LogP contribution in [0.15, 0.2) is 30.3 Å². The molecule has 0 saturated carbocycles. The van der Waals surface area contributed by atoms with Gasteiger partial charge in [-0.15, -0.1) is 0 Å². The molecule has 1 aromatic rings. The minimum absolute atomic E-state index is 0.819. The van der Waals surface area contributed by atoms with Gasteiger partial charge < -0.3 is 0 Å². The molecule has 0 atom stereocenters. The molecule has 1 aromatic carbocycles. The number of anilines is 1. The van der Waals surface area contributed by atoms with E-state index in [1.54, 1.807) is 0 Å². The van der Waals surface area contributed by atoms with E-state index in [4.69, 9.17) is 5.73 Å². The summed E-state index contributed by atoms with van der Waals surface area (Å²) in [5.41, 5.74) is 7.58. The normalized spacial score (nSPS) is 10.0. The number of hydrogen-bond acceptors (Lipinski definition) is 1. The van der Waals surface area contributed by atoms with Crippen LogP contribution in [-0.2, 0) is 30.2 Å². The fourth-order valence-electron chi connectivity index (χ4n) is 0.801. The fraction of sp³-hybridized carbons (Fsp3) is 0. The zero-order chi connectivity index (χ0) is 8.10. The van der Waals surface area contributed by atoms with Gasteiger partial charge >= 0.3 is 86.2 Å². The van der Waals surface area contributed by atoms with Crippen molar-refractivity contribution in [1.29, 1.82) is 0 Å². The van der Waals surface area contributed by atoms with Crippen molar-refractivity contribution in [2.45, 2.75) is 0 Å². The zero-order valence-corrected chi connectivity index (χ0v) is 8.96. The Bertz CT molecular complexity index is 310. The predicted molar refractivity (Wildman–Crippen MR) is 43.8 cm³/mol. The van der Waals surface area contributed by atoms with Crippen molar-refractivity contribution in [2.75, 3.05) is 5.73 Å². The summed E-state index contributed by atoms with van der Waals surface area (Å²) >= 11 is 1.03. The Morgan fingerprint density at radius 3 is 2.73 bits per heavy atom. The molecule has 0 heterocycles. The molecule has 0 saturated heterocycles. The molecule has 1 rings (SSSR count). The molecule has 1 nitrogen and oxygen atoms in total. The zero-order valence-electron chi connectivity index (χ0n) is 6.12. The number of allylic oxidation sites excluding steroid dienone is 1. The summed E-state index contributed by atoms with van der Waals surface area (Å²) < 4.78 is 3.04. The van der Waals surface area contributed by atoms with Crippen LogP contribution in [-0.4, -0.2) is 0 Å². The van der Waals surface area contributed by atoms with Crippen LogP contribution in [0.2, 0.25) is 0 Å². The van der Waals surface area contributed by atoms with E-state index in [1.807, 2.05) is 36.4 Å². The number of hydrogen-bond donors (Lipinski definition) is 1. The van der Waals surface area contributed by atoms with Gasteiger partial charge in [0.05, 0.1) is 0 Å². The number of para-hydroxylation sites is 1. The Morgan fingerprint density at radius 1 is 1.36 bits per heavy atom. The Morgan fingerprint density at radius 2 is 2.09 bits per heavy atom. The van der Waals surface area contributed by atoms with E-state index < -0.39 is 0 Å². The molecule has 52 valence electrons. The number of nitrogens with two attached hydrogens (primary N) is 1. The maximum atomic E-state index is 5.69. The van der Waals surface area contributed by atoms with Gasteiger partial charge in [-0.25, -0.2) is 0 Å². The summed E-state index contributed by atoms with van der Waals surface area (Å²) in [6.45, 7) is 0. The summed E-state index contributed by atoms with van der Waals surface area (Å²) in [6, 6.07) is 7.79. The molecule has 0 fully saturated rings. The van der Waals surface area contributed by atoms with Crippen LogP contribution in [0.3, 0.4) is 0 Å². The van der Waals surface area contributed by atoms with Crippen LogP contribution in [0, 0.1) is 2.59 Å². The van der Waals surface area contributed by atoms with Crippen LogP contribution in [0.25, 0.3) is 6.08 Å². The molecule has 0 aliphatic heterocycles. The second-order valence-corrected chi connectivity index (χ2v) is 2.95. The van der Waals surface area contributed by atoms with Crippen LogP contribution in [0.1, 0.15) is 5.56 Å². The van der Waals surface area contributed by atoms with Gasteiger partial charge in [-0.3, -0.25) is 0 Å². The molecule has 2 N–H and O–H groups in total. The average molecular weight is 219 g/mol. The first kappa shape index (κ1) is 8.74. The van der Waals surface area contributed by atoms with Crippen LogP contribution in [0.5, 0.6) is 0 Å². The van der Waals surface area contributed by atoms with Gasteiger partial charge in [0.25, 0.3) is 0 Å². The summed E-state index contributed by atoms with van der Waals surface area (Å²) in [6.07, 6.45) is 3.88. The van der Waals surface area contributed by atoms with Crippen LogP contribution < -0.4 is 5.73 Å². The van der Waals surface area contributed by atoms with Crippen molar-refractivity contribution in [3.8, 4) is 2.59 Å². The van der Waals surface area contributed by atoms with Gasteiger partial charge in [-0.1, -0.05) is 0 Å². The van der Waals surface area contributed by atoms with Gasteiger partial charge in [-0.2, -0.15) is 0 Å². The molecule has 11 heavy (non-hydrogen) atoms. The van der Waals surface area contributed by atoms with Gasteiger partial charge in [0.15, 0.2) is 0 Å². The molecule has 0 aliphatic rings. The molecule has 0 radical (unpaired) electrons. The second kappa shape index (κ2) is 4.51. The van der Waals surface area contributed by atoms with E-state index in [0.29, 0.717) is 0 Å². The third-order valence-electron chi connectivity index (χ3n) is 1.36. The van der Waals surface area contributed by atoms with Crippen molar-refractivity contribution in [2.24, 2.45) is 0 Å². The van der Waals surface area contributed by atoms with Crippen molar-refractivity contribution >= 4 is 11.8 Å². The third-order valence-corrected chi connectivity index (χ3v) is 1.83. The molecular formula is C9H8NY. The first-order valence-corrected chi connectivity index (χ1v) is 4.73. The van der Waals surface area contributed by atoms with E-state index >= 15 is 0 Å². The molecule has 0 unspecified atom stereocenters. The van der Waals surface area contributed by atoms with E-state index in [1.165, 1.54) is 0 Å². The third kappa shape index (κ3) is 2.63. The first-order valence-electron chi connectivity index (χ1n) is 3.32. The van der Waals surface area contributed by atoms with Gasteiger partial charge in [0.1, 0.15) is 0 Å². The summed E-state index contributed by atoms with van der Waals surface area (Å²) in [5, 5.41) is 0. The van der Waals surface area contributed by atoms with Gasteiger partial charge in [0, 0.05) is 0 Å². The Hall–Kier alpha value is -0.356. The Balaban J connectivity index is 2.97. The van der Waals surface area contributed by atoms with E-state index in [2.05, 4.69) is 2.59 Å². The van der Waals surface area contributed by atoms with Crippen LogP contribution >= 0.6 is 0 Å². The van der Waals surface area contributed by atoms with Crippen molar-refractivity contribution in [1.82, 2.24) is 0 Å². The van der Waals surface area contributed by atoms with E-state index in [0.717, 1.165) is 41.5 Å². The van der Waals surface area contributed by atoms with Gasteiger partial charge in [0.2, 0.25) is 0 Å². The quantitative estimate of drug-likeness (QED) is 0.716. The minimum atomic E-state index is 0.819. The number of rotatable bonds is 1. The number of nitrogen functional groups attached to an aromatic ring is 1. The molecule has 0 bridgehead atoms.